The molecule has 9 nitrogen and oxygen atoms in total. The first kappa shape index (κ1) is 22.7. The van der Waals surface area contributed by atoms with Crippen LogP contribution in [-0.2, 0) is 9.59 Å². The Bertz CT molecular complexity index is 981. The smallest absolute Gasteiger partial charge is 0.244 e. The molecule has 0 bridgehead atoms. The number of aromatic hydroxyl groups is 4. The zero-order chi connectivity index (χ0) is 23.3. The Balaban J connectivity index is 1.50. The molecule has 2 aromatic carbocycles. The largest absolute Gasteiger partial charge is 0.504 e. The Morgan fingerprint density at radius 3 is 1.50 bits per heavy atom. The molecule has 7 N–H and O–H groups in total. The number of amides is 2. The fourth-order valence-electron chi connectivity index (χ4n) is 3.39. The molecular formula is C23H24N2O7. The highest BCUT2D eigenvalue weighted by Crippen LogP contribution is 2.26. The number of benzene rings is 2. The molecule has 0 aromatic heterocycles. The summed E-state index contributed by atoms with van der Waals surface area (Å²) in [7, 11) is 0. The molecule has 1 saturated carbocycles. The molecule has 1 fully saturated rings. The van der Waals surface area contributed by atoms with E-state index in [4.69, 9.17) is 0 Å². The zero-order valence-corrected chi connectivity index (χ0v) is 17.0. The Morgan fingerprint density at radius 2 is 1.12 bits per heavy atom. The van der Waals surface area contributed by atoms with E-state index in [1.165, 1.54) is 60.7 Å². The fourth-order valence-corrected chi connectivity index (χ4v) is 3.39. The van der Waals surface area contributed by atoms with Gasteiger partial charge in [-0.2, -0.15) is 0 Å². The molecule has 3 rings (SSSR count). The minimum absolute atomic E-state index is 0.259. The SMILES string of the molecule is O=C(C=Cc1ccc(O)c(O)c1)N[C@H]1CC[C@@H](NC(=O)C=Cc2ccc(O)c(O)c2)[C@H]1O. The van der Waals surface area contributed by atoms with Crippen LogP contribution in [0.5, 0.6) is 23.0 Å². The van der Waals surface area contributed by atoms with Crippen molar-refractivity contribution in [1.82, 2.24) is 10.6 Å². The van der Waals surface area contributed by atoms with Gasteiger partial charge in [-0.15, -0.1) is 0 Å². The van der Waals surface area contributed by atoms with Gasteiger partial charge in [-0.1, -0.05) is 12.1 Å². The number of hydrogen-bond acceptors (Lipinski definition) is 7. The maximum absolute atomic E-state index is 12.2. The molecule has 168 valence electrons. The third-order valence-corrected chi connectivity index (χ3v) is 5.12. The Morgan fingerprint density at radius 1 is 0.719 bits per heavy atom. The molecule has 0 unspecified atom stereocenters. The first-order chi connectivity index (χ1) is 15.2. The highest BCUT2D eigenvalue weighted by Gasteiger charge is 2.35. The lowest BCUT2D eigenvalue weighted by molar-refractivity contribution is -0.118. The highest BCUT2D eigenvalue weighted by atomic mass is 16.3. The van der Waals surface area contributed by atoms with Crippen molar-refractivity contribution >= 4 is 24.0 Å². The van der Waals surface area contributed by atoms with Crippen molar-refractivity contribution in [2.75, 3.05) is 0 Å². The van der Waals surface area contributed by atoms with Crippen molar-refractivity contribution in [3.8, 4) is 23.0 Å². The van der Waals surface area contributed by atoms with Crippen LogP contribution in [0.25, 0.3) is 12.2 Å². The molecule has 2 aromatic rings. The standard InChI is InChI=1S/C23H24N2O7/c26-17-7-1-13(11-19(17)28)3-9-21(30)24-15-5-6-16(23(15)32)25-22(31)10-4-14-2-8-18(27)20(29)12-14/h1-4,7-12,15-16,23,26-29,32H,5-6H2,(H,24,30)(H,25,31)/t15-,16+,23-. The summed E-state index contributed by atoms with van der Waals surface area (Å²) in [5, 5.41) is 53.4. The zero-order valence-electron chi connectivity index (χ0n) is 17.0. The molecule has 0 aliphatic heterocycles. The lowest BCUT2D eigenvalue weighted by atomic mass is 10.1. The van der Waals surface area contributed by atoms with E-state index in [0.717, 1.165) is 0 Å². The number of hydrogen-bond donors (Lipinski definition) is 7. The van der Waals surface area contributed by atoms with E-state index in [1.807, 2.05) is 0 Å². The lowest BCUT2D eigenvalue weighted by Gasteiger charge is -2.20. The highest BCUT2D eigenvalue weighted by molar-refractivity contribution is 5.93. The van der Waals surface area contributed by atoms with Crippen LogP contribution < -0.4 is 10.6 Å². The number of phenolic OH excluding ortho intramolecular Hbond substituents is 4. The molecule has 32 heavy (non-hydrogen) atoms. The monoisotopic (exact) mass is 440 g/mol. The summed E-state index contributed by atoms with van der Waals surface area (Å²) < 4.78 is 0. The molecule has 1 aliphatic carbocycles. The first-order valence-corrected chi connectivity index (χ1v) is 9.92. The van der Waals surface area contributed by atoms with Gasteiger partial charge in [-0.05, 0) is 60.4 Å². The van der Waals surface area contributed by atoms with Gasteiger partial charge < -0.3 is 36.2 Å². The van der Waals surface area contributed by atoms with E-state index in [2.05, 4.69) is 10.6 Å². The average Bonchev–Trinajstić information content (AvgIpc) is 3.09. The van der Waals surface area contributed by atoms with Crippen LogP contribution in [0.4, 0.5) is 0 Å². The van der Waals surface area contributed by atoms with Gasteiger partial charge >= 0.3 is 0 Å². The van der Waals surface area contributed by atoms with Crippen LogP contribution >= 0.6 is 0 Å². The van der Waals surface area contributed by atoms with Crippen molar-refractivity contribution in [2.24, 2.45) is 0 Å². The minimum atomic E-state index is -0.972. The van der Waals surface area contributed by atoms with Crippen molar-refractivity contribution in [3.05, 3.63) is 59.7 Å². The number of phenols is 4. The molecule has 3 atom stereocenters. The summed E-state index contributed by atoms with van der Waals surface area (Å²) in [5.41, 5.74) is 1.03. The second-order valence-corrected chi connectivity index (χ2v) is 7.46. The summed E-state index contributed by atoms with van der Waals surface area (Å²) in [5.74, 6) is -2.00. The maximum Gasteiger partial charge on any atom is 0.244 e. The first-order valence-electron chi connectivity index (χ1n) is 9.92. The van der Waals surface area contributed by atoms with Crippen LogP contribution in [0.15, 0.2) is 48.6 Å². The van der Waals surface area contributed by atoms with Gasteiger partial charge in [0.15, 0.2) is 23.0 Å². The topological polar surface area (TPSA) is 159 Å². The molecule has 0 radical (unpaired) electrons. The Hall–Kier alpha value is -3.98. The average molecular weight is 440 g/mol. The quantitative estimate of drug-likeness (QED) is 0.264. The maximum atomic E-state index is 12.2. The number of aliphatic hydroxyl groups excluding tert-OH is 1. The van der Waals surface area contributed by atoms with E-state index in [-0.39, 0.29) is 23.0 Å². The number of carbonyl (C=O) groups is 2. The van der Waals surface area contributed by atoms with Gasteiger partial charge in [-0.3, -0.25) is 9.59 Å². The van der Waals surface area contributed by atoms with Crippen molar-refractivity contribution in [2.45, 2.75) is 31.0 Å². The van der Waals surface area contributed by atoms with Gasteiger partial charge in [0.1, 0.15) is 0 Å². The second-order valence-electron chi connectivity index (χ2n) is 7.46. The number of aliphatic hydroxyl groups is 1. The molecule has 0 saturated heterocycles. The normalized spacial score (nSPS) is 20.6. The minimum Gasteiger partial charge on any atom is -0.504 e. The predicted molar refractivity (Wildman–Crippen MR) is 117 cm³/mol. The van der Waals surface area contributed by atoms with E-state index >= 15 is 0 Å². The molecule has 0 heterocycles. The third-order valence-electron chi connectivity index (χ3n) is 5.12. The molecule has 0 spiro atoms. The molecule has 2 amide bonds. The second kappa shape index (κ2) is 9.88. The van der Waals surface area contributed by atoms with Crippen LogP contribution in [0.1, 0.15) is 24.0 Å². The van der Waals surface area contributed by atoms with Gasteiger partial charge in [0.05, 0.1) is 18.2 Å². The van der Waals surface area contributed by atoms with Crippen molar-refractivity contribution in [1.29, 1.82) is 0 Å². The van der Waals surface area contributed by atoms with Crippen LogP contribution in [0, 0.1) is 0 Å². The van der Waals surface area contributed by atoms with E-state index in [1.54, 1.807) is 0 Å². The van der Waals surface area contributed by atoms with Crippen LogP contribution in [0.3, 0.4) is 0 Å². The van der Waals surface area contributed by atoms with E-state index < -0.39 is 30.0 Å². The summed E-state index contributed by atoms with van der Waals surface area (Å²) in [6.45, 7) is 0. The predicted octanol–water partition coefficient (Wildman–Crippen LogP) is 1.36. The van der Waals surface area contributed by atoms with Gasteiger partial charge in [0, 0.05) is 12.2 Å². The number of nitrogens with one attached hydrogen (secondary N) is 2. The third kappa shape index (κ3) is 5.79. The number of carbonyl (C=O) groups excluding carboxylic acids is 2. The van der Waals surface area contributed by atoms with Crippen molar-refractivity contribution < 1.29 is 35.1 Å². The Labute approximate surface area is 184 Å². The van der Waals surface area contributed by atoms with Gasteiger partial charge in [0.2, 0.25) is 11.8 Å². The molecular weight excluding hydrogens is 416 g/mol. The van der Waals surface area contributed by atoms with E-state index in [9.17, 15) is 35.1 Å². The van der Waals surface area contributed by atoms with Crippen LogP contribution in [-0.4, -0.2) is 55.5 Å². The lowest BCUT2D eigenvalue weighted by Crippen LogP contribution is -2.47. The fraction of sp³-hybridized carbons (Fsp3) is 0.217. The summed E-state index contributed by atoms with van der Waals surface area (Å²) >= 11 is 0. The molecule has 9 heteroatoms. The van der Waals surface area contributed by atoms with Gasteiger partial charge in [0.25, 0.3) is 0 Å². The van der Waals surface area contributed by atoms with Gasteiger partial charge in [-0.25, -0.2) is 0 Å². The van der Waals surface area contributed by atoms with Crippen molar-refractivity contribution in [3.63, 3.8) is 0 Å². The van der Waals surface area contributed by atoms with E-state index in [0.29, 0.717) is 24.0 Å². The van der Waals surface area contributed by atoms with Crippen LogP contribution in [0.2, 0.25) is 0 Å². The number of rotatable bonds is 6. The summed E-state index contributed by atoms with van der Waals surface area (Å²) in [6.07, 6.45) is 5.39. The molecule has 1 aliphatic rings. The summed E-state index contributed by atoms with van der Waals surface area (Å²) in [4.78, 5) is 24.3. The Kier molecular flexibility index (Phi) is 7.01. The summed E-state index contributed by atoms with van der Waals surface area (Å²) in [6, 6.07) is 7.21.